The third-order valence-electron chi connectivity index (χ3n) is 2.11. The van der Waals surface area contributed by atoms with Gasteiger partial charge in [0.15, 0.2) is 5.60 Å². The molecule has 0 aliphatic carbocycles. The summed E-state index contributed by atoms with van der Waals surface area (Å²) in [4.78, 5) is 21.9. The van der Waals surface area contributed by atoms with Crippen LogP contribution in [-0.4, -0.2) is 49.7 Å². The predicted molar refractivity (Wildman–Crippen MR) is 61.8 cm³/mol. The summed E-state index contributed by atoms with van der Waals surface area (Å²) in [6.07, 6.45) is 1.52. The Labute approximate surface area is 102 Å². The van der Waals surface area contributed by atoms with Gasteiger partial charge in [-0.3, -0.25) is 4.79 Å². The highest BCUT2D eigenvalue weighted by Crippen LogP contribution is 2.24. The highest BCUT2D eigenvalue weighted by atomic mass is 16.6. The van der Waals surface area contributed by atoms with Gasteiger partial charge < -0.3 is 19.1 Å². The molecule has 0 bridgehead atoms. The number of hydrogen-bond donors (Lipinski definition) is 0. The number of carbonyl (C=O) groups is 2. The van der Waals surface area contributed by atoms with E-state index in [9.17, 15) is 14.7 Å². The fraction of sp³-hybridized carbons (Fsp3) is 0.667. The normalized spacial score (nSPS) is 14.8. The van der Waals surface area contributed by atoms with Gasteiger partial charge in [-0.15, -0.1) is 6.58 Å². The van der Waals surface area contributed by atoms with Crippen molar-refractivity contribution in [2.45, 2.75) is 25.4 Å². The predicted octanol–water partition coefficient (Wildman–Crippen LogP) is -0.289. The van der Waals surface area contributed by atoms with E-state index in [-0.39, 0.29) is 12.8 Å². The second-order valence-electron chi connectivity index (χ2n) is 5.27. The van der Waals surface area contributed by atoms with Gasteiger partial charge in [0.2, 0.25) is 0 Å². The van der Waals surface area contributed by atoms with Gasteiger partial charge in [-0.1, -0.05) is 6.08 Å². The number of nitrogens with zero attached hydrogens (tertiary/aromatic N) is 1. The lowest BCUT2D eigenvalue weighted by Crippen LogP contribution is -2.53. The molecule has 1 atom stereocenters. The molecule has 0 fully saturated rings. The average Bonchev–Trinajstić information content (AvgIpc) is 1.95. The molecule has 0 aromatic rings. The Kier molecular flexibility index (Phi) is 5.35. The van der Waals surface area contributed by atoms with E-state index in [4.69, 9.17) is 4.74 Å². The maximum atomic E-state index is 11.1. The van der Waals surface area contributed by atoms with E-state index in [0.717, 1.165) is 0 Å². The van der Waals surface area contributed by atoms with Crippen LogP contribution < -0.4 is 5.11 Å². The SMILES string of the molecule is C=CCC(CC(=O)[O-])(C[N+](C)(C)C)OC(C)=O. The second-order valence-corrected chi connectivity index (χ2v) is 5.27. The third-order valence-corrected chi connectivity index (χ3v) is 2.11. The molecule has 0 spiro atoms. The van der Waals surface area contributed by atoms with Crippen LogP contribution in [0.25, 0.3) is 0 Å². The van der Waals surface area contributed by atoms with Gasteiger partial charge in [-0.05, 0) is 0 Å². The zero-order valence-corrected chi connectivity index (χ0v) is 11.0. The van der Waals surface area contributed by atoms with Crippen molar-refractivity contribution >= 4 is 11.9 Å². The van der Waals surface area contributed by atoms with Crippen LogP contribution >= 0.6 is 0 Å². The van der Waals surface area contributed by atoms with Gasteiger partial charge >= 0.3 is 5.97 Å². The zero-order valence-electron chi connectivity index (χ0n) is 11.0. The molecule has 0 aromatic carbocycles. The van der Waals surface area contributed by atoms with Gasteiger partial charge in [0.1, 0.15) is 6.54 Å². The third kappa shape index (κ3) is 6.73. The number of ether oxygens (including phenoxy) is 1. The maximum Gasteiger partial charge on any atom is 0.303 e. The lowest BCUT2D eigenvalue weighted by Gasteiger charge is -2.38. The van der Waals surface area contributed by atoms with Crippen molar-refractivity contribution in [3.05, 3.63) is 12.7 Å². The molecule has 0 N–H and O–H groups in total. The van der Waals surface area contributed by atoms with Crippen LogP contribution in [0.5, 0.6) is 0 Å². The summed E-state index contributed by atoms with van der Waals surface area (Å²) < 4.78 is 5.70. The van der Waals surface area contributed by atoms with Gasteiger partial charge in [0.05, 0.1) is 21.1 Å². The molecule has 0 radical (unpaired) electrons. The Morgan fingerprint density at radius 3 is 2.24 bits per heavy atom. The molecule has 0 aliphatic rings. The Morgan fingerprint density at radius 1 is 1.41 bits per heavy atom. The Bertz CT molecular complexity index is 288. The van der Waals surface area contributed by atoms with E-state index in [2.05, 4.69) is 6.58 Å². The summed E-state index contributed by atoms with van der Waals surface area (Å²) in [6, 6.07) is 0. The van der Waals surface area contributed by atoms with Crippen molar-refractivity contribution in [1.82, 2.24) is 0 Å². The summed E-state index contributed by atoms with van der Waals surface area (Å²) in [5, 5.41) is 10.8. The molecule has 0 heterocycles. The fourth-order valence-corrected chi connectivity index (χ4v) is 2.00. The zero-order chi connectivity index (χ0) is 13.7. The molecule has 0 saturated carbocycles. The number of hydrogen-bond acceptors (Lipinski definition) is 4. The van der Waals surface area contributed by atoms with Crippen LogP contribution in [-0.2, 0) is 14.3 Å². The van der Waals surface area contributed by atoms with E-state index >= 15 is 0 Å². The number of rotatable bonds is 7. The first-order chi connectivity index (χ1) is 7.60. The molecule has 5 heteroatoms. The van der Waals surface area contributed by atoms with E-state index in [1.54, 1.807) is 6.08 Å². The number of carboxylic acids is 1. The van der Waals surface area contributed by atoms with Crippen LogP contribution in [0.2, 0.25) is 0 Å². The summed E-state index contributed by atoms with van der Waals surface area (Å²) in [5.74, 6) is -1.73. The van der Waals surface area contributed by atoms with E-state index < -0.39 is 17.5 Å². The minimum absolute atomic E-state index is 0.288. The quantitative estimate of drug-likeness (QED) is 0.350. The summed E-state index contributed by atoms with van der Waals surface area (Å²) >= 11 is 0. The van der Waals surface area contributed by atoms with Crippen molar-refractivity contribution in [2.75, 3.05) is 27.7 Å². The van der Waals surface area contributed by atoms with Crippen molar-refractivity contribution in [3.63, 3.8) is 0 Å². The number of quaternary nitrogens is 1. The standard InChI is InChI=1S/C12H21NO4/c1-6-7-12(8-11(15)16,17-10(2)14)9-13(3,4)5/h6H,1,7-9H2,2-5H3. The first-order valence-corrected chi connectivity index (χ1v) is 5.41. The second kappa shape index (κ2) is 5.82. The Morgan fingerprint density at radius 2 is 1.94 bits per heavy atom. The monoisotopic (exact) mass is 243 g/mol. The molecule has 0 saturated heterocycles. The topological polar surface area (TPSA) is 66.4 Å². The van der Waals surface area contributed by atoms with Gasteiger partial charge in [0.25, 0.3) is 0 Å². The summed E-state index contributed by atoms with van der Waals surface area (Å²) in [6.45, 7) is 5.23. The first kappa shape index (κ1) is 15.6. The summed E-state index contributed by atoms with van der Waals surface area (Å²) in [5.41, 5.74) is -1.08. The highest BCUT2D eigenvalue weighted by molar-refractivity contribution is 5.69. The molecular weight excluding hydrogens is 222 g/mol. The van der Waals surface area contributed by atoms with Crippen molar-refractivity contribution in [3.8, 4) is 0 Å². The Balaban J connectivity index is 5.13. The largest absolute Gasteiger partial charge is 0.550 e. The van der Waals surface area contributed by atoms with E-state index in [0.29, 0.717) is 11.0 Å². The van der Waals surface area contributed by atoms with E-state index in [1.165, 1.54) is 6.92 Å². The number of carbonyl (C=O) groups excluding carboxylic acids is 2. The van der Waals surface area contributed by atoms with Crippen LogP contribution in [0.1, 0.15) is 19.8 Å². The lowest BCUT2D eigenvalue weighted by atomic mass is 9.93. The molecule has 0 aromatic heterocycles. The lowest BCUT2D eigenvalue weighted by molar-refractivity contribution is -0.876. The molecule has 0 rings (SSSR count). The molecular formula is C12H21NO4. The molecule has 1 unspecified atom stereocenters. The van der Waals surface area contributed by atoms with Gasteiger partial charge in [-0.25, -0.2) is 0 Å². The van der Waals surface area contributed by atoms with E-state index in [1.807, 2.05) is 21.1 Å². The minimum Gasteiger partial charge on any atom is -0.550 e. The summed E-state index contributed by atoms with van der Waals surface area (Å²) in [7, 11) is 5.70. The molecule has 17 heavy (non-hydrogen) atoms. The first-order valence-electron chi connectivity index (χ1n) is 5.41. The molecule has 98 valence electrons. The van der Waals surface area contributed by atoms with Crippen LogP contribution in [0, 0.1) is 0 Å². The molecule has 0 aliphatic heterocycles. The van der Waals surface area contributed by atoms with Crippen LogP contribution in [0.3, 0.4) is 0 Å². The van der Waals surface area contributed by atoms with Crippen molar-refractivity contribution in [2.24, 2.45) is 0 Å². The maximum absolute atomic E-state index is 11.1. The highest BCUT2D eigenvalue weighted by Gasteiger charge is 2.38. The van der Waals surface area contributed by atoms with Gasteiger partial charge in [0, 0.05) is 25.7 Å². The number of esters is 1. The minimum atomic E-state index is -1.23. The van der Waals surface area contributed by atoms with Crippen LogP contribution in [0.4, 0.5) is 0 Å². The number of aliphatic carboxylic acids is 1. The molecule has 0 amide bonds. The fourth-order valence-electron chi connectivity index (χ4n) is 2.00. The smallest absolute Gasteiger partial charge is 0.303 e. The molecule has 5 nitrogen and oxygen atoms in total. The van der Waals surface area contributed by atoms with Gasteiger partial charge in [-0.2, -0.15) is 0 Å². The van der Waals surface area contributed by atoms with Crippen LogP contribution in [0.15, 0.2) is 12.7 Å². The van der Waals surface area contributed by atoms with Crippen molar-refractivity contribution < 1.29 is 23.9 Å². The van der Waals surface area contributed by atoms with Crippen molar-refractivity contribution in [1.29, 1.82) is 0 Å². The average molecular weight is 243 g/mol. The Hall–Kier alpha value is -1.36. The number of carboxylic acid groups (broad SMARTS) is 1. The number of likely N-dealkylation sites (N-methyl/N-ethyl adjacent to an activating group) is 1.